The fourth-order valence-electron chi connectivity index (χ4n) is 0.243. The van der Waals surface area contributed by atoms with Gasteiger partial charge in [0.05, 0.1) is 12.2 Å². The van der Waals surface area contributed by atoms with Gasteiger partial charge in [0, 0.05) is 11.5 Å². The van der Waals surface area contributed by atoms with E-state index in [2.05, 4.69) is 25.3 Å². The Morgan fingerprint density at radius 1 is 1.00 bits per heavy atom. The molecular weight excluding hydrogens is 156 g/mol. The van der Waals surface area contributed by atoms with E-state index in [1.165, 1.54) is 0 Å². The van der Waals surface area contributed by atoms with E-state index in [9.17, 15) is 0 Å². The highest BCUT2D eigenvalue weighted by Gasteiger charge is 2.10. The van der Waals surface area contributed by atoms with Crippen molar-refractivity contribution >= 4 is 25.3 Å². The Balaban J connectivity index is 0. The number of hydrogen-bond acceptors (Lipinski definition) is 4. The third-order valence-electron chi connectivity index (χ3n) is 0.818. The van der Waals surface area contributed by atoms with Crippen molar-refractivity contribution in [2.45, 2.75) is 19.6 Å². The Morgan fingerprint density at radius 3 is 1.33 bits per heavy atom. The minimum Gasteiger partial charge on any atom is -0.390 e. The second-order valence-electron chi connectivity index (χ2n) is 1.50. The van der Waals surface area contributed by atoms with Gasteiger partial charge in [-0.25, -0.2) is 0 Å². The van der Waals surface area contributed by atoms with Gasteiger partial charge in [-0.2, -0.15) is 25.3 Å². The van der Waals surface area contributed by atoms with Gasteiger partial charge in [-0.1, -0.05) is 7.43 Å². The van der Waals surface area contributed by atoms with Crippen LogP contribution in [0.2, 0.25) is 0 Å². The molecule has 4 heteroatoms. The summed E-state index contributed by atoms with van der Waals surface area (Å²) >= 11 is 7.53. The predicted octanol–water partition coefficient (Wildman–Crippen LogP) is 0.204. The molecule has 0 saturated heterocycles. The molecule has 0 aromatic carbocycles. The number of thiol groups is 2. The quantitative estimate of drug-likeness (QED) is 0.457. The van der Waals surface area contributed by atoms with E-state index in [0.29, 0.717) is 0 Å². The van der Waals surface area contributed by atoms with Crippen LogP contribution >= 0.6 is 25.3 Å². The highest BCUT2D eigenvalue weighted by molar-refractivity contribution is 7.80. The molecule has 0 aliphatic rings. The Kier molecular flexibility index (Phi) is 9.21. The molecule has 0 bridgehead atoms. The zero-order valence-corrected chi connectivity index (χ0v) is 6.15. The van der Waals surface area contributed by atoms with Crippen LogP contribution in [-0.4, -0.2) is 33.9 Å². The Bertz CT molecular complexity index is 52.9. The van der Waals surface area contributed by atoms with Crippen LogP contribution in [0, 0.1) is 0 Å². The minimum absolute atomic E-state index is 0. The summed E-state index contributed by atoms with van der Waals surface area (Å²) in [6, 6.07) is 0. The van der Waals surface area contributed by atoms with Crippen LogP contribution < -0.4 is 0 Å². The first-order valence-electron chi connectivity index (χ1n) is 2.30. The topological polar surface area (TPSA) is 40.5 Å². The van der Waals surface area contributed by atoms with E-state index in [4.69, 9.17) is 10.2 Å². The van der Waals surface area contributed by atoms with E-state index < -0.39 is 12.2 Å². The lowest BCUT2D eigenvalue weighted by molar-refractivity contribution is 0.0504. The summed E-state index contributed by atoms with van der Waals surface area (Å²) in [5.41, 5.74) is 0. The molecule has 0 spiro atoms. The largest absolute Gasteiger partial charge is 0.390 e. The van der Waals surface area contributed by atoms with E-state index >= 15 is 0 Å². The summed E-state index contributed by atoms with van der Waals surface area (Å²) in [7, 11) is 0. The lowest BCUT2D eigenvalue weighted by atomic mass is 10.3. The van der Waals surface area contributed by atoms with E-state index in [1.807, 2.05) is 0 Å². The molecule has 0 saturated carbocycles. The molecule has 0 radical (unpaired) electrons. The number of hydrogen-bond donors (Lipinski definition) is 4. The first kappa shape index (κ1) is 12.3. The van der Waals surface area contributed by atoms with Crippen molar-refractivity contribution in [2.24, 2.45) is 0 Å². The molecule has 0 unspecified atom stereocenters. The molecular formula is C5H14O2S2. The summed E-state index contributed by atoms with van der Waals surface area (Å²) in [6.07, 6.45) is -1.48. The summed E-state index contributed by atoms with van der Waals surface area (Å²) < 4.78 is 0. The van der Waals surface area contributed by atoms with Gasteiger partial charge in [0.1, 0.15) is 0 Å². The number of aliphatic hydroxyl groups excluding tert-OH is 2. The van der Waals surface area contributed by atoms with Crippen LogP contribution in [0.4, 0.5) is 0 Å². The van der Waals surface area contributed by atoms with Crippen molar-refractivity contribution < 1.29 is 10.2 Å². The predicted molar refractivity (Wildman–Crippen MR) is 46.5 cm³/mol. The highest BCUT2D eigenvalue weighted by Crippen LogP contribution is 1.96. The molecule has 9 heavy (non-hydrogen) atoms. The summed E-state index contributed by atoms with van der Waals surface area (Å²) in [4.78, 5) is 0. The maximum Gasteiger partial charge on any atom is 0.0894 e. The highest BCUT2D eigenvalue weighted by atomic mass is 32.1. The average Bonchev–Trinajstić information content (AvgIpc) is 1.84. The summed E-state index contributed by atoms with van der Waals surface area (Å²) in [6.45, 7) is 0. The average molecular weight is 170 g/mol. The normalized spacial score (nSPS) is 16.0. The molecule has 58 valence electrons. The summed E-state index contributed by atoms with van der Waals surface area (Å²) in [5, 5.41) is 17.5. The minimum atomic E-state index is -0.740. The zero-order chi connectivity index (χ0) is 6.57. The fraction of sp³-hybridized carbons (Fsp3) is 1.00. The Labute approximate surface area is 67.1 Å². The van der Waals surface area contributed by atoms with Gasteiger partial charge in [-0.05, 0) is 0 Å². The Hall–Kier alpha value is 0.620. The molecule has 0 rings (SSSR count). The molecule has 0 aliphatic heterocycles. The van der Waals surface area contributed by atoms with Gasteiger partial charge in [-0.15, -0.1) is 0 Å². The van der Waals surface area contributed by atoms with Gasteiger partial charge in [-0.3, -0.25) is 0 Å². The maximum absolute atomic E-state index is 8.75. The lowest BCUT2D eigenvalue weighted by Crippen LogP contribution is -2.28. The molecule has 2 atom stereocenters. The van der Waals surface area contributed by atoms with Crippen molar-refractivity contribution in [1.82, 2.24) is 0 Å². The first-order chi connectivity index (χ1) is 3.72. The first-order valence-corrected chi connectivity index (χ1v) is 3.56. The molecule has 0 aromatic rings. The third-order valence-corrected chi connectivity index (χ3v) is 1.57. The molecule has 0 amide bonds. The zero-order valence-electron chi connectivity index (χ0n) is 4.36. The lowest BCUT2D eigenvalue weighted by Gasteiger charge is -2.11. The molecule has 2 nitrogen and oxygen atoms in total. The van der Waals surface area contributed by atoms with E-state index in [-0.39, 0.29) is 18.9 Å². The molecule has 0 aromatic heterocycles. The van der Waals surface area contributed by atoms with Gasteiger partial charge < -0.3 is 10.2 Å². The van der Waals surface area contributed by atoms with Crippen LogP contribution in [0.15, 0.2) is 0 Å². The fourth-order valence-corrected chi connectivity index (χ4v) is 0.730. The van der Waals surface area contributed by atoms with Gasteiger partial charge >= 0.3 is 0 Å². The summed E-state index contributed by atoms with van der Waals surface area (Å²) in [5.74, 6) is 0.559. The third kappa shape index (κ3) is 5.08. The van der Waals surface area contributed by atoms with Crippen LogP contribution in [0.25, 0.3) is 0 Å². The molecule has 2 N–H and O–H groups in total. The van der Waals surface area contributed by atoms with Crippen LogP contribution in [0.3, 0.4) is 0 Å². The van der Waals surface area contributed by atoms with Crippen LogP contribution in [-0.2, 0) is 0 Å². The van der Waals surface area contributed by atoms with Crippen LogP contribution in [0.1, 0.15) is 7.43 Å². The SMILES string of the molecule is C.O[C@H](CS)[C@H](O)CS. The standard InChI is InChI=1S/C4H10O2S2.CH4/c5-3(1-7)4(6)2-8;/h3-8H,1-2H2;1H4/t3-,4-;/m1./s1. The van der Waals surface area contributed by atoms with E-state index in [1.54, 1.807) is 0 Å². The Morgan fingerprint density at radius 2 is 1.22 bits per heavy atom. The van der Waals surface area contributed by atoms with Crippen molar-refractivity contribution in [3.8, 4) is 0 Å². The number of aliphatic hydroxyl groups is 2. The van der Waals surface area contributed by atoms with Gasteiger partial charge in [0.2, 0.25) is 0 Å². The van der Waals surface area contributed by atoms with Crippen molar-refractivity contribution in [1.29, 1.82) is 0 Å². The van der Waals surface area contributed by atoms with Crippen molar-refractivity contribution in [3.05, 3.63) is 0 Å². The van der Waals surface area contributed by atoms with E-state index in [0.717, 1.165) is 0 Å². The molecule has 0 aliphatic carbocycles. The molecule has 0 heterocycles. The number of rotatable bonds is 3. The smallest absolute Gasteiger partial charge is 0.0894 e. The van der Waals surface area contributed by atoms with Crippen molar-refractivity contribution in [3.63, 3.8) is 0 Å². The maximum atomic E-state index is 8.75. The second kappa shape index (κ2) is 6.74. The molecule has 0 fully saturated rings. The monoisotopic (exact) mass is 170 g/mol. The van der Waals surface area contributed by atoms with Crippen LogP contribution in [0.5, 0.6) is 0 Å². The second-order valence-corrected chi connectivity index (χ2v) is 2.23. The van der Waals surface area contributed by atoms with Gasteiger partial charge in [0.15, 0.2) is 0 Å². The van der Waals surface area contributed by atoms with Gasteiger partial charge in [0.25, 0.3) is 0 Å². The van der Waals surface area contributed by atoms with Crippen molar-refractivity contribution in [2.75, 3.05) is 11.5 Å².